The highest BCUT2D eigenvalue weighted by atomic mass is 35.5. The number of benzene rings is 2. The van der Waals surface area contributed by atoms with Gasteiger partial charge in [0.1, 0.15) is 29.7 Å². The van der Waals surface area contributed by atoms with Crippen LogP contribution in [0.3, 0.4) is 0 Å². The Morgan fingerprint density at radius 3 is 2.21 bits per heavy atom. The number of nitrogens with zero attached hydrogens (tertiary/aromatic N) is 1. The topological polar surface area (TPSA) is 49.3 Å². The third-order valence-electron chi connectivity index (χ3n) is 3.45. The Balaban J connectivity index is 1.77. The number of ether oxygens (including phenoxy) is 3. The molecule has 0 heterocycles. The molecule has 0 bridgehead atoms. The van der Waals surface area contributed by atoms with Gasteiger partial charge in [0.05, 0.1) is 29.5 Å². The van der Waals surface area contributed by atoms with E-state index in [0.717, 1.165) is 11.3 Å². The van der Waals surface area contributed by atoms with Crippen LogP contribution in [0, 0.1) is 0 Å². The highest BCUT2D eigenvalue weighted by Crippen LogP contribution is 2.37. The van der Waals surface area contributed by atoms with Crippen molar-refractivity contribution >= 4 is 52.6 Å². The van der Waals surface area contributed by atoms with Crippen molar-refractivity contribution in [2.75, 3.05) is 26.9 Å². The summed E-state index contributed by atoms with van der Waals surface area (Å²) >= 11 is 23.5. The maximum atomic E-state index is 6.23. The van der Waals surface area contributed by atoms with E-state index in [9.17, 15) is 0 Å². The first-order valence-electron chi connectivity index (χ1n) is 8.55. The minimum absolute atomic E-state index is 0.125. The van der Waals surface area contributed by atoms with E-state index in [0.29, 0.717) is 41.2 Å². The van der Waals surface area contributed by atoms with Gasteiger partial charge in [0.15, 0.2) is 5.75 Å². The molecule has 0 aliphatic carbocycles. The molecule has 2 aromatic carbocycles. The number of rotatable bonds is 11. The number of oxime groups is 1. The molecule has 9 heteroatoms. The lowest BCUT2D eigenvalue weighted by Gasteiger charge is -2.12. The molecule has 0 unspecified atom stereocenters. The van der Waals surface area contributed by atoms with E-state index in [1.807, 2.05) is 24.3 Å². The van der Waals surface area contributed by atoms with Gasteiger partial charge in [0.2, 0.25) is 0 Å². The van der Waals surface area contributed by atoms with Gasteiger partial charge in [0.25, 0.3) is 0 Å². The summed E-state index contributed by atoms with van der Waals surface area (Å²) in [6.45, 7) is 1.07. The third-order valence-corrected chi connectivity index (χ3v) is 4.32. The van der Waals surface area contributed by atoms with Crippen LogP contribution in [0.1, 0.15) is 12.0 Å². The summed E-state index contributed by atoms with van der Waals surface area (Å²) in [6, 6.07) is 10.7. The molecule has 0 N–H and O–H groups in total. The summed E-state index contributed by atoms with van der Waals surface area (Å²) in [5, 5.41) is 4.40. The van der Waals surface area contributed by atoms with Crippen molar-refractivity contribution in [1.82, 2.24) is 0 Å². The van der Waals surface area contributed by atoms with Crippen molar-refractivity contribution in [2.24, 2.45) is 5.16 Å². The summed E-state index contributed by atoms with van der Waals surface area (Å²) in [7, 11) is 1.50. The smallest absolute Gasteiger partial charge is 0.156 e. The summed E-state index contributed by atoms with van der Waals surface area (Å²) in [4.78, 5) is 4.64. The van der Waals surface area contributed by atoms with Crippen LogP contribution in [0.15, 0.2) is 52.1 Å². The van der Waals surface area contributed by atoms with E-state index < -0.39 is 0 Å². The van der Waals surface area contributed by atoms with Crippen LogP contribution in [-0.2, 0) is 4.84 Å². The molecule has 0 saturated heterocycles. The lowest BCUT2D eigenvalue weighted by Crippen LogP contribution is -2.05. The number of hydrogen-bond donors (Lipinski definition) is 0. The van der Waals surface area contributed by atoms with E-state index in [1.165, 1.54) is 13.2 Å². The van der Waals surface area contributed by atoms with Crippen LogP contribution < -0.4 is 14.2 Å². The molecule has 156 valence electrons. The largest absolute Gasteiger partial charge is 0.493 e. The fraction of sp³-hybridized carbons (Fsp3) is 0.250. The lowest BCUT2D eigenvalue weighted by atomic mass is 10.2. The second-order valence-corrected chi connectivity index (χ2v) is 7.38. The molecule has 2 rings (SSSR count). The van der Waals surface area contributed by atoms with E-state index in [-0.39, 0.29) is 11.1 Å². The maximum Gasteiger partial charge on any atom is 0.156 e. The molecular weight excluding hydrogens is 460 g/mol. The molecule has 29 heavy (non-hydrogen) atoms. The van der Waals surface area contributed by atoms with Crippen LogP contribution in [0.2, 0.25) is 10.0 Å². The van der Waals surface area contributed by atoms with E-state index in [4.69, 9.17) is 60.6 Å². The fourth-order valence-electron chi connectivity index (χ4n) is 2.15. The Morgan fingerprint density at radius 2 is 1.59 bits per heavy atom. The standard InChI is InChI=1S/C20H19Cl4NO4/c1-26-25-13-14-3-5-15(6-4-14)27-8-2-9-29-20-17(21)11-16(12-18(20)22)28-10-7-19(23)24/h3-7,11-13H,2,8-10H2,1H3/b25-13+. The quantitative estimate of drug-likeness (QED) is 0.209. The van der Waals surface area contributed by atoms with Gasteiger partial charge in [-0.05, 0) is 35.9 Å². The fourth-order valence-corrected chi connectivity index (χ4v) is 2.85. The van der Waals surface area contributed by atoms with Crippen molar-refractivity contribution in [2.45, 2.75) is 6.42 Å². The Morgan fingerprint density at radius 1 is 0.931 bits per heavy atom. The molecule has 0 fully saturated rings. The van der Waals surface area contributed by atoms with Crippen molar-refractivity contribution < 1.29 is 19.0 Å². The van der Waals surface area contributed by atoms with E-state index in [2.05, 4.69) is 9.99 Å². The molecule has 0 spiro atoms. The molecule has 0 amide bonds. The zero-order valence-electron chi connectivity index (χ0n) is 15.5. The number of hydrogen-bond acceptors (Lipinski definition) is 5. The van der Waals surface area contributed by atoms with Gasteiger partial charge in [-0.2, -0.15) is 0 Å². The maximum absolute atomic E-state index is 6.23. The van der Waals surface area contributed by atoms with Gasteiger partial charge in [-0.3, -0.25) is 0 Å². The second-order valence-electron chi connectivity index (χ2n) is 5.56. The molecule has 2 aromatic rings. The Bertz CT molecular complexity index is 814. The highest BCUT2D eigenvalue weighted by molar-refractivity contribution is 6.55. The van der Waals surface area contributed by atoms with Gasteiger partial charge in [-0.15, -0.1) is 0 Å². The Hall–Kier alpha value is -1.79. The predicted octanol–water partition coefficient (Wildman–Crippen LogP) is 6.52. The van der Waals surface area contributed by atoms with Crippen molar-refractivity contribution in [3.8, 4) is 17.2 Å². The summed E-state index contributed by atoms with van der Waals surface area (Å²) in [6.07, 6.45) is 3.78. The van der Waals surface area contributed by atoms with Gasteiger partial charge in [-0.1, -0.05) is 51.6 Å². The highest BCUT2D eigenvalue weighted by Gasteiger charge is 2.10. The zero-order valence-corrected chi connectivity index (χ0v) is 18.6. The monoisotopic (exact) mass is 477 g/mol. The summed E-state index contributed by atoms with van der Waals surface area (Å²) in [5.74, 6) is 1.64. The summed E-state index contributed by atoms with van der Waals surface area (Å²) in [5.41, 5.74) is 0.918. The minimum atomic E-state index is 0.125. The molecule has 0 aromatic heterocycles. The van der Waals surface area contributed by atoms with Crippen LogP contribution in [-0.4, -0.2) is 33.1 Å². The average molecular weight is 479 g/mol. The first-order valence-corrected chi connectivity index (χ1v) is 10.1. The lowest BCUT2D eigenvalue weighted by molar-refractivity contribution is 0.215. The zero-order chi connectivity index (χ0) is 21.1. The Kier molecular flexibility index (Phi) is 10.3. The minimum Gasteiger partial charge on any atom is -0.493 e. The average Bonchev–Trinajstić information content (AvgIpc) is 2.68. The molecule has 0 aliphatic rings. The molecule has 0 saturated carbocycles. The van der Waals surface area contributed by atoms with Gasteiger partial charge < -0.3 is 19.0 Å². The molecule has 5 nitrogen and oxygen atoms in total. The molecular formula is C20H19Cl4NO4. The van der Waals surface area contributed by atoms with Crippen molar-refractivity contribution in [1.29, 1.82) is 0 Å². The van der Waals surface area contributed by atoms with Crippen molar-refractivity contribution in [3.05, 3.63) is 62.6 Å². The molecule has 0 radical (unpaired) electrons. The van der Waals surface area contributed by atoms with Gasteiger partial charge in [0, 0.05) is 18.6 Å². The van der Waals surface area contributed by atoms with Crippen LogP contribution in [0.5, 0.6) is 17.2 Å². The molecule has 0 atom stereocenters. The third kappa shape index (κ3) is 8.62. The van der Waals surface area contributed by atoms with Crippen LogP contribution >= 0.6 is 46.4 Å². The first kappa shape index (κ1) is 23.5. The van der Waals surface area contributed by atoms with Crippen molar-refractivity contribution in [3.63, 3.8) is 0 Å². The predicted molar refractivity (Wildman–Crippen MR) is 118 cm³/mol. The number of halogens is 4. The normalized spacial score (nSPS) is 10.7. The Labute approximate surface area is 189 Å². The summed E-state index contributed by atoms with van der Waals surface area (Å²) < 4.78 is 16.9. The van der Waals surface area contributed by atoms with Gasteiger partial charge in [-0.25, -0.2) is 0 Å². The van der Waals surface area contributed by atoms with Gasteiger partial charge >= 0.3 is 0 Å². The molecule has 0 aliphatic heterocycles. The van der Waals surface area contributed by atoms with E-state index in [1.54, 1.807) is 18.3 Å². The van der Waals surface area contributed by atoms with E-state index >= 15 is 0 Å². The first-order chi connectivity index (χ1) is 14.0. The van der Waals surface area contributed by atoms with Crippen LogP contribution in [0.25, 0.3) is 0 Å². The van der Waals surface area contributed by atoms with Crippen LogP contribution in [0.4, 0.5) is 0 Å². The SMILES string of the molecule is CO/N=C/c1ccc(OCCCOc2c(Cl)cc(OCC=C(Cl)Cl)cc2Cl)cc1. The second kappa shape index (κ2) is 12.7.